The predicted molar refractivity (Wildman–Crippen MR) is 105 cm³/mol. The fourth-order valence-corrected chi connectivity index (χ4v) is 5.93. The highest BCUT2D eigenvalue weighted by Crippen LogP contribution is 2.44. The summed E-state index contributed by atoms with van der Waals surface area (Å²) in [6.07, 6.45) is 4.39. The van der Waals surface area contributed by atoms with Gasteiger partial charge < -0.3 is 5.32 Å². The average Bonchev–Trinajstić information content (AvgIpc) is 3.30. The van der Waals surface area contributed by atoms with Crippen LogP contribution in [0.4, 0.5) is 10.1 Å². The Morgan fingerprint density at radius 1 is 1.04 bits per heavy atom. The molecule has 148 valence electrons. The first-order chi connectivity index (χ1) is 13.4. The molecule has 5 nitrogen and oxygen atoms in total. The van der Waals surface area contributed by atoms with Gasteiger partial charge in [0, 0.05) is 6.04 Å². The zero-order valence-corrected chi connectivity index (χ0v) is 16.2. The number of hydrogen-bond donors (Lipinski definition) is 1. The fourth-order valence-electron chi connectivity index (χ4n) is 4.48. The van der Waals surface area contributed by atoms with E-state index in [0.29, 0.717) is 11.8 Å². The first kappa shape index (κ1) is 18.9. The smallest absolute Gasteiger partial charge is 0.264 e. The molecule has 0 aliphatic heterocycles. The molecule has 1 amide bonds. The highest BCUT2D eigenvalue weighted by molar-refractivity contribution is 7.92. The minimum atomic E-state index is -4.08. The summed E-state index contributed by atoms with van der Waals surface area (Å²) in [5.74, 6) is 0.0441. The maximum absolute atomic E-state index is 14.4. The van der Waals surface area contributed by atoms with E-state index < -0.39 is 28.3 Å². The summed E-state index contributed by atoms with van der Waals surface area (Å²) < 4.78 is 41.6. The standard InChI is InChI=1S/C21H23FN2O3S/c22-18-8-4-5-9-20(18)24(28(26,27)17-6-2-1-3-7-17)14-21(25)23-19-13-15-10-11-16(19)12-15/h1-9,15-16,19H,10-14H2,(H,23,25)/t15-,16-,19-/m1/s1. The summed E-state index contributed by atoms with van der Waals surface area (Å²) in [4.78, 5) is 12.7. The van der Waals surface area contributed by atoms with Crippen molar-refractivity contribution in [2.24, 2.45) is 11.8 Å². The van der Waals surface area contributed by atoms with Crippen LogP contribution in [-0.4, -0.2) is 26.9 Å². The molecule has 2 bridgehead atoms. The van der Waals surface area contributed by atoms with Crippen molar-refractivity contribution in [2.45, 2.75) is 36.6 Å². The van der Waals surface area contributed by atoms with E-state index >= 15 is 0 Å². The Kier molecular flexibility index (Phi) is 5.10. The summed E-state index contributed by atoms with van der Waals surface area (Å²) in [6.45, 7) is -0.452. The Morgan fingerprint density at radius 2 is 1.75 bits per heavy atom. The molecule has 2 saturated carbocycles. The van der Waals surface area contributed by atoms with Gasteiger partial charge in [0.05, 0.1) is 10.6 Å². The third-order valence-corrected chi connectivity index (χ3v) is 7.60. The van der Waals surface area contributed by atoms with Crippen LogP contribution >= 0.6 is 0 Å². The number of benzene rings is 2. The van der Waals surface area contributed by atoms with E-state index in [1.807, 2.05) is 0 Å². The van der Waals surface area contributed by atoms with Crippen molar-refractivity contribution in [3.63, 3.8) is 0 Å². The largest absolute Gasteiger partial charge is 0.352 e. The minimum Gasteiger partial charge on any atom is -0.352 e. The lowest BCUT2D eigenvalue weighted by Gasteiger charge is -2.27. The summed E-state index contributed by atoms with van der Waals surface area (Å²) in [6, 6.07) is 13.5. The van der Waals surface area contributed by atoms with Crippen molar-refractivity contribution >= 4 is 21.6 Å². The molecule has 1 N–H and O–H groups in total. The van der Waals surface area contributed by atoms with Crippen molar-refractivity contribution in [2.75, 3.05) is 10.8 Å². The molecule has 2 aliphatic carbocycles. The highest BCUT2D eigenvalue weighted by Gasteiger charge is 2.40. The molecule has 4 rings (SSSR count). The summed E-state index contributed by atoms with van der Waals surface area (Å²) in [5.41, 5.74) is -0.130. The summed E-state index contributed by atoms with van der Waals surface area (Å²) in [7, 11) is -4.08. The van der Waals surface area contributed by atoms with Crippen LogP contribution in [0, 0.1) is 17.7 Å². The molecule has 2 fully saturated rings. The van der Waals surface area contributed by atoms with E-state index in [9.17, 15) is 17.6 Å². The number of anilines is 1. The zero-order chi connectivity index (χ0) is 19.7. The molecule has 7 heteroatoms. The molecule has 0 unspecified atom stereocenters. The number of fused-ring (bicyclic) bond motifs is 2. The maximum atomic E-state index is 14.4. The Balaban J connectivity index is 1.60. The Hall–Kier alpha value is -2.41. The van der Waals surface area contributed by atoms with E-state index in [2.05, 4.69) is 5.32 Å². The average molecular weight is 402 g/mol. The second-order valence-corrected chi connectivity index (χ2v) is 9.49. The molecule has 0 saturated heterocycles. The SMILES string of the molecule is O=C(CN(c1ccccc1F)S(=O)(=O)c1ccccc1)N[C@@H]1C[C@@H]2CC[C@@H]1C2. The van der Waals surface area contributed by atoms with Gasteiger partial charge in [-0.05, 0) is 55.4 Å². The molecule has 2 aromatic carbocycles. The second kappa shape index (κ2) is 7.54. The number of sulfonamides is 1. The van der Waals surface area contributed by atoms with E-state index in [1.54, 1.807) is 24.3 Å². The van der Waals surface area contributed by atoms with Crippen LogP contribution < -0.4 is 9.62 Å². The fraction of sp³-hybridized carbons (Fsp3) is 0.381. The number of hydrogen-bond acceptors (Lipinski definition) is 3. The first-order valence-corrected chi connectivity index (χ1v) is 11.0. The zero-order valence-electron chi connectivity index (χ0n) is 15.4. The van der Waals surface area contributed by atoms with Gasteiger partial charge in [0.25, 0.3) is 10.0 Å². The van der Waals surface area contributed by atoms with Crippen molar-refractivity contribution in [1.29, 1.82) is 0 Å². The molecular formula is C21H23FN2O3S. The Morgan fingerprint density at radius 3 is 2.39 bits per heavy atom. The molecule has 2 aliphatic rings. The molecule has 0 heterocycles. The summed E-state index contributed by atoms with van der Waals surface area (Å²) in [5, 5.41) is 2.99. The number of halogens is 1. The van der Waals surface area contributed by atoms with Gasteiger partial charge in [0.1, 0.15) is 12.4 Å². The molecule has 0 radical (unpaired) electrons. The number of carbonyl (C=O) groups is 1. The lowest BCUT2D eigenvalue weighted by Crippen LogP contribution is -2.46. The monoisotopic (exact) mass is 402 g/mol. The number of para-hydroxylation sites is 1. The van der Waals surface area contributed by atoms with E-state index in [1.165, 1.54) is 36.8 Å². The number of rotatable bonds is 6. The van der Waals surface area contributed by atoms with Gasteiger partial charge in [-0.1, -0.05) is 36.8 Å². The van der Waals surface area contributed by atoms with Crippen LogP contribution in [0.15, 0.2) is 59.5 Å². The lowest BCUT2D eigenvalue weighted by atomic mass is 9.95. The van der Waals surface area contributed by atoms with Crippen LogP contribution in [0.2, 0.25) is 0 Å². The van der Waals surface area contributed by atoms with Gasteiger partial charge in [0.2, 0.25) is 5.91 Å². The van der Waals surface area contributed by atoms with E-state index in [4.69, 9.17) is 0 Å². The van der Waals surface area contributed by atoms with Gasteiger partial charge in [0.15, 0.2) is 0 Å². The molecule has 3 atom stereocenters. The third-order valence-electron chi connectivity index (χ3n) is 5.82. The topological polar surface area (TPSA) is 66.5 Å². The van der Waals surface area contributed by atoms with Gasteiger partial charge in [-0.2, -0.15) is 0 Å². The third kappa shape index (κ3) is 3.63. The van der Waals surface area contributed by atoms with E-state index in [0.717, 1.165) is 23.6 Å². The molecule has 0 spiro atoms. The van der Waals surface area contributed by atoms with E-state index in [-0.39, 0.29) is 16.6 Å². The normalized spacial score (nSPS) is 23.5. The number of nitrogens with one attached hydrogen (secondary N) is 1. The minimum absolute atomic E-state index is 0.0194. The van der Waals surface area contributed by atoms with Crippen molar-refractivity contribution in [1.82, 2.24) is 5.32 Å². The maximum Gasteiger partial charge on any atom is 0.264 e. The van der Waals surface area contributed by atoms with Gasteiger partial charge >= 0.3 is 0 Å². The number of amides is 1. The molecular weight excluding hydrogens is 379 g/mol. The highest BCUT2D eigenvalue weighted by atomic mass is 32.2. The Labute approximate surface area is 164 Å². The number of nitrogens with zero attached hydrogens (tertiary/aromatic N) is 1. The van der Waals surface area contributed by atoms with Crippen molar-refractivity contribution in [3.8, 4) is 0 Å². The van der Waals surface area contributed by atoms with Crippen LogP contribution in [0.3, 0.4) is 0 Å². The van der Waals surface area contributed by atoms with Crippen molar-refractivity contribution < 1.29 is 17.6 Å². The van der Waals surface area contributed by atoms with Gasteiger partial charge in [-0.25, -0.2) is 12.8 Å². The molecule has 0 aromatic heterocycles. The Bertz CT molecular complexity index is 965. The van der Waals surface area contributed by atoms with Crippen LogP contribution in [0.5, 0.6) is 0 Å². The van der Waals surface area contributed by atoms with Crippen LogP contribution in [0.1, 0.15) is 25.7 Å². The number of carbonyl (C=O) groups excluding carboxylic acids is 1. The molecule has 2 aromatic rings. The second-order valence-electron chi connectivity index (χ2n) is 7.63. The van der Waals surface area contributed by atoms with Gasteiger partial charge in [-0.3, -0.25) is 9.10 Å². The predicted octanol–water partition coefficient (Wildman–Crippen LogP) is 3.33. The van der Waals surface area contributed by atoms with Crippen molar-refractivity contribution in [3.05, 3.63) is 60.4 Å². The lowest BCUT2D eigenvalue weighted by molar-refractivity contribution is -0.120. The van der Waals surface area contributed by atoms with Crippen LogP contribution in [0.25, 0.3) is 0 Å². The molecule has 28 heavy (non-hydrogen) atoms. The quantitative estimate of drug-likeness (QED) is 0.806. The summed E-state index contributed by atoms with van der Waals surface area (Å²) >= 11 is 0. The first-order valence-electron chi connectivity index (χ1n) is 9.57. The van der Waals surface area contributed by atoms with Gasteiger partial charge in [-0.15, -0.1) is 0 Å². The van der Waals surface area contributed by atoms with Crippen LogP contribution in [-0.2, 0) is 14.8 Å².